The third kappa shape index (κ3) is 2.38. The largest absolute Gasteiger partial charge is 0.392 e. The van der Waals surface area contributed by atoms with Crippen LogP contribution >= 0.6 is 0 Å². The Morgan fingerprint density at radius 2 is 2.21 bits per heavy atom. The minimum absolute atomic E-state index is 0.147. The molecule has 1 rings (SSSR count). The fraction of sp³-hybridized carbons (Fsp3) is 0.846. The SMILES string of the molecule is CCCC(O)C1C(C)=CCCC1(C)C. The molecule has 0 bridgehead atoms. The van der Waals surface area contributed by atoms with Crippen molar-refractivity contribution in [3.05, 3.63) is 11.6 Å². The van der Waals surface area contributed by atoms with E-state index in [4.69, 9.17) is 0 Å². The summed E-state index contributed by atoms with van der Waals surface area (Å²) in [6.07, 6.45) is 6.53. The first-order valence-electron chi connectivity index (χ1n) is 5.83. The molecule has 0 fully saturated rings. The first-order valence-corrected chi connectivity index (χ1v) is 5.83. The van der Waals surface area contributed by atoms with Crippen LogP contribution in [-0.2, 0) is 0 Å². The third-order valence-electron chi connectivity index (χ3n) is 3.56. The van der Waals surface area contributed by atoms with Crippen LogP contribution in [0.25, 0.3) is 0 Å². The normalized spacial score (nSPS) is 28.4. The van der Waals surface area contributed by atoms with Crippen molar-refractivity contribution in [3.63, 3.8) is 0 Å². The van der Waals surface area contributed by atoms with Crippen molar-refractivity contribution in [3.8, 4) is 0 Å². The summed E-state index contributed by atoms with van der Waals surface area (Å²) < 4.78 is 0. The maximum Gasteiger partial charge on any atom is 0.0610 e. The molecular formula is C13H24O. The van der Waals surface area contributed by atoms with Crippen molar-refractivity contribution >= 4 is 0 Å². The third-order valence-corrected chi connectivity index (χ3v) is 3.56. The van der Waals surface area contributed by atoms with E-state index in [9.17, 15) is 5.11 Å². The summed E-state index contributed by atoms with van der Waals surface area (Å²) in [4.78, 5) is 0. The van der Waals surface area contributed by atoms with Crippen molar-refractivity contribution in [2.45, 2.75) is 59.5 Å². The summed E-state index contributed by atoms with van der Waals surface area (Å²) >= 11 is 0. The molecule has 2 unspecified atom stereocenters. The molecule has 14 heavy (non-hydrogen) atoms. The zero-order chi connectivity index (χ0) is 10.8. The molecule has 0 aromatic rings. The highest BCUT2D eigenvalue weighted by Gasteiger charge is 2.36. The maximum absolute atomic E-state index is 10.1. The van der Waals surface area contributed by atoms with Crippen LogP contribution in [-0.4, -0.2) is 11.2 Å². The second kappa shape index (κ2) is 4.48. The molecule has 82 valence electrons. The van der Waals surface area contributed by atoms with Crippen LogP contribution in [0.4, 0.5) is 0 Å². The van der Waals surface area contributed by atoms with E-state index >= 15 is 0 Å². The molecule has 0 amide bonds. The maximum atomic E-state index is 10.1. The van der Waals surface area contributed by atoms with Gasteiger partial charge in [-0.1, -0.05) is 38.8 Å². The summed E-state index contributed by atoms with van der Waals surface area (Å²) in [7, 11) is 0. The highest BCUT2D eigenvalue weighted by Crippen LogP contribution is 2.43. The number of allylic oxidation sites excluding steroid dienone is 1. The molecule has 0 radical (unpaired) electrons. The average molecular weight is 196 g/mol. The summed E-state index contributed by atoms with van der Waals surface area (Å²) in [5, 5.41) is 10.1. The average Bonchev–Trinajstić information content (AvgIpc) is 2.02. The second-order valence-corrected chi connectivity index (χ2v) is 5.31. The van der Waals surface area contributed by atoms with Crippen LogP contribution in [0.1, 0.15) is 53.4 Å². The van der Waals surface area contributed by atoms with Gasteiger partial charge in [-0.3, -0.25) is 0 Å². The lowest BCUT2D eigenvalue weighted by Crippen LogP contribution is -2.37. The zero-order valence-corrected chi connectivity index (χ0v) is 10.0. The lowest BCUT2D eigenvalue weighted by Gasteiger charge is -2.41. The predicted molar refractivity (Wildman–Crippen MR) is 61.2 cm³/mol. The van der Waals surface area contributed by atoms with Crippen LogP contribution in [0, 0.1) is 11.3 Å². The minimum Gasteiger partial charge on any atom is -0.392 e. The van der Waals surface area contributed by atoms with E-state index in [1.165, 1.54) is 18.4 Å². The molecule has 0 spiro atoms. The molecule has 1 heteroatoms. The monoisotopic (exact) mass is 196 g/mol. The van der Waals surface area contributed by atoms with Gasteiger partial charge in [0.25, 0.3) is 0 Å². The van der Waals surface area contributed by atoms with Crippen LogP contribution < -0.4 is 0 Å². The van der Waals surface area contributed by atoms with E-state index < -0.39 is 0 Å². The Kier molecular flexibility index (Phi) is 3.77. The minimum atomic E-state index is -0.147. The van der Waals surface area contributed by atoms with Crippen molar-refractivity contribution in [2.75, 3.05) is 0 Å². The van der Waals surface area contributed by atoms with Gasteiger partial charge in [0.15, 0.2) is 0 Å². The molecular weight excluding hydrogens is 172 g/mol. The van der Waals surface area contributed by atoms with Gasteiger partial charge < -0.3 is 5.11 Å². The molecule has 0 aromatic carbocycles. The van der Waals surface area contributed by atoms with Gasteiger partial charge in [-0.2, -0.15) is 0 Å². The molecule has 1 N–H and O–H groups in total. The Bertz CT molecular complexity index is 215. The topological polar surface area (TPSA) is 20.2 Å². The highest BCUT2D eigenvalue weighted by molar-refractivity contribution is 5.14. The number of hydrogen-bond donors (Lipinski definition) is 1. The Morgan fingerprint density at radius 1 is 1.57 bits per heavy atom. The van der Waals surface area contributed by atoms with E-state index in [1.54, 1.807) is 0 Å². The molecule has 0 heterocycles. The van der Waals surface area contributed by atoms with Gasteiger partial charge >= 0.3 is 0 Å². The van der Waals surface area contributed by atoms with Crippen molar-refractivity contribution < 1.29 is 5.11 Å². The molecule has 1 aliphatic rings. The zero-order valence-electron chi connectivity index (χ0n) is 10.0. The molecule has 1 nitrogen and oxygen atoms in total. The first-order chi connectivity index (χ1) is 6.49. The van der Waals surface area contributed by atoms with E-state index in [2.05, 4.69) is 33.8 Å². The van der Waals surface area contributed by atoms with Gasteiger partial charge in [0, 0.05) is 5.92 Å². The Labute approximate surface area is 88.2 Å². The van der Waals surface area contributed by atoms with Gasteiger partial charge in [-0.15, -0.1) is 0 Å². The lowest BCUT2D eigenvalue weighted by atomic mass is 9.66. The lowest BCUT2D eigenvalue weighted by molar-refractivity contribution is 0.0404. The fourth-order valence-corrected chi connectivity index (χ4v) is 2.86. The van der Waals surface area contributed by atoms with Crippen LogP contribution in [0.3, 0.4) is 0 Å². The number of aliphatic hydroxyl groups excluding tert-OH is 1. The fourth-order valence-electron chi connectivity index (χ4n) is 2.86. The molecule has 0 aromatic heterocycles. The van der Waals surface area contributed by atoms with Gasteiger partial charge in [-0.05, 0) is 31.6 Å². The molecule has 0 aliphatic heterocycles. The highest BCUT2D eigenvalue weighted by atomic mass is 16.3. The number of hydrogen-bond acceptors (Lipinski definition) is 1. The van der Waals surface area contributed by atoms with Gasteiger partial charge in [0.05, 0.1) is 6.10 Å². The molecule has 0 saturated heterocycles. The Balaban J connectivity index is 2.80. The van der Waals surface area contributed by atoms with Crippen molar-refractivity contribution in [1.82, 2.24) is 0 Å². The number of rotatable bonds is 3. The quantitative estimate of drug-likeness (QED) is 0.685. The van der Waals surface area contributed by atoms with Gasteiger partial charge in [0.2, 0.25) is 0 Å². The van der Waals surface area contributed by atoms with Crippen LogP contribution in [0.5, 0.6) is 0 Å². The Hall–Kier alpha value is -0.300. The molecule has 0 saturated carbocycles. The van der Waals surface area contributed by atoms with Gasteiger partial charge in [0.1, 0.15) is 0 Å². The summed E-state index contributed by atoms with van der Waals surface area (Å²) in [5.41, 5.74) is 1.66. The summed E-state index contributed by atoms with van der Waals surface area (Å²) in [6.45, 7) is 8.88. The van der Waals surface area contributed by atoms with Crippen molar-refractivity contribution in [1.29, 1.82) is 0 Å². The smallest absolute Gasteiger partial charge is 0.0610 e. The van der Waals surface area contributed by atoms with Crippen LogP contribution in [0.15, 0.2) is 11.6 Å². The summed E-state index contributed by atoms with van der Waals surface area (Å²) in [5.74, 6) is 0.371. The Morgan fingerprint density at radius 3 is 2.71 bits per heavy atom. The van der Waals surface area contributed by atoms with E-state index in [0.717, 1.165) is 12.8 Å². The van der Waals surface area contributed by atoms with E-state index in [1.807, 2.05) is 0 Å². The number of aliphatic hydroxyl groups is 1. The summed E-state index contributed by atoms with van der Waals surface area (Å²) in [6, 6.07) is 0. The van der Waals surface area contributed by atoms with E-state index in [0.29, 0.717) is 5.92 Å². The molecule has 1 aliphatic carbocycles. The van der Waals surface area contributed by atoms with Crippen molar-refractivity contribution in [2.24, 2.45) is 11.3 Å². The standard InChI is InChI=1S/C13H24O/c1-5-7-11(14)12-10(2)8-6-9-13(12,3)4/h8,11-12,14H,5-7,9H2,1-4H3. The second-order valence-electron chi connectivity index (χ2n) is 5.31. The van der Waals surface area contributed by atoms with Gasteiger partial charge in [-0.25, -0.2) is 0 Å². The first kappa shape index (κ1) is 11.8. The van der Waals surface area contributed by atoms with E-state index in [-0.39, 0.29) is 11.5 Å². The molecule has 2 atom stereocenters. The van der Waals surface area contributed by atoms with Crippen LogP contribution in [0.2, 0.25) is 0 Å². The predicted octanol–water partition coefficient (Wildman–Crippen LogP) is 3.53.